The van der Waals surface area contributed by atoms with Crippen molar-refractivity contribution in [2.75, 3.05) is 6.61 Å². The molecule has 1 N–H and O–H groups in total. The summed E-state index contributed by atoms with van der Waals surface area (Å²) in [5, 5.41) is 8.67. The Kier molecular flexibility index (Phi) is 4.89. The SMILES string of the molecule is CCCn1c(=O)c2c(cc(-c3ccc(OCC(=O)O)cc3)n2C)n(C)c1=O. The number of aromatic nitrogens is 3. The highest BCUT2D eigenvalue weighted by Gasteiger charge is 2.17. The van der Waals surface area contributed by atoms with Gasteiger partial charge < -0.3 is 14.4 Å². The highest BCUT2D eigenvalue weighted by Crippen LogP contribution is 2.26. The lowest BCUT2D eigenvalue weighted by atomic mass is 10.1. The van der Waals surface area contributed by atoms with Crippen molar-refractivity contribution in [3.8, 4) is 17.0 Å². The van der Waals surface area contributed by atoms with Crippen LogP contribution in [0.2, 0.25) is 0 Å². The molecular weight excluding hydrogens is 350 g/mol. The van der Waals surface area contributed by atoms with Crippen LogP contribution < -0.4 is 16.0 Å². The molecule has 8 heteroatoms. The molecular formula is C19H21N3O5. The largest absolute Gasteiger partial charge is 0.482 e. The second kappa shape index (κ2) is 7.14. The molecule has 3 aromatic rings. The van der Waals surface area contributed by atoms with Crippen molar-refractivity contribution in [3.05, 3.63) is 51.2 Å². The molecule has 0 atom stereocenters. The number of carboxylic acids is 1. The van der Waals surface area contributed by atoms with Crippen LogP contribution in [0.5, 0.6) is 5.75 Å². The maximum Gasteiger partial charge on any atom is 0.341 e. The van der Waals surface area contributed by atoms with Gasteiger partial charge in [0.05, 0.1) is 11.2 Å². The van der Waals surface area contributed by atoms with E-state index in [0.29, 0.717) is 29.7 Å². The maximum atomic E-state index is 12.8. The average Bonchev–Trinajstić information content (AvgIpc) is 3.00. The monoisotopic (exact) mass is 371 g/mol. The fraction of sp³-hybridized carbons (Fsp3) is 0.316. The smallest absolute Gasteiger partial charge is 0.341 e. The van der Waals surface area contributed by atoms with Gasteiger partial charge in [-0.15, -0.1) is 0 Å². The van der Waals surface area contributed by atoms with Crippen LogP contribution >= 0.6 is 0 Å². The van der Waals surface area contributed by atoms with Gasteiger partial charge in [-0.1, -0.05) is 6.92 Å². The first-order valence-electron chi connectivity index (χ1n) is 8.59. The minimum atomic E-state index is -1.04. The number of fused-ring (bicyclic) bond motifs is 1. The molecule has 0 fully saturated rings. The van der Waals surface area contributed by atoms with Crippen molar-refractivity contribution in [1.29, 1.82) is 0 Å². The molecule has 0 saturated carbocycles. The van der Waals surface area contributed by atoms with Crippen molar-refractivity contribution in [1.82, 2.24) is 13.7 Å². The second-order valence-electron chi connectivity index (χ2n) is 6.33. The molecule has 2 heterocycles. The molecule has 2 aromatic heterocycles. The van der Waals surface area contributed by atoms with E-state index in [1.165, 1.54) is 9.13 Å². The van der Waals surface area contributed by atoms with Crippen LogP contribution in [-0.4, -0.2) is 31.4 Å². The Balaban J connectivity index is 2.11. The lowest BCUT2D eigenvalue weighted by Gasteiger charge is -2.09. The minimum absolute atomic E-state index is 0.301. The van der Waals surface area contributed by atoms with Gasteiger partial charge in [-0.2, -0.15) is 0 Å². The Morgan fingerprint density at radius 1 is 1.11 bits per heavy atom. The van der Waals surface area contributed by atoms with E-state index in [1.54, 1.807) is 42.9 Å². The van der Waals surface area contributed by atoms with Gasteiger partial charge in [-0.05, 0) is 42.3 Å². The number of carboxylic acid groups (broad SMARTS) is 1. The van der Waals surface area contributed by atoms with Crippen LogP contribution in [0.3, 0.4) is 0 Å². The Bertz CT molecular complexity index is 1120. The van der Waals surface area contributed by atoms with E-state index < -0.39 is 12.6 Å². The van der Waals surface area contributed by atoms with Crippen LogP contribution in [0.15, 0.2) is 39.9 Å². The topological polar surface area (TPSA) is 95.5 Å². The van der Waals surface area contributed by atoms with E-state index in [9.17, 15) is 14.4 Å². The second-order valence-corrected chi connectivity index (χ2v) is 6.33. The Morgan fingerprint density at radius 2 is 1.78 bits per heavy atom. The van der Waals surface area contributed by atoms with Crippen molar-refractivity contribution >= 4 is 17.0 Å². The molecule has 0 amide bonds. The number of nitrogens with zero attached hydrogens (tertiary/aromatic N) is 3. The summed E-state index contributed by atoms with van der Waals surface area (Å²) < 4.78 is 9.66. The zero-order valence-corrected chi connectivity index (χ0v) is 15.4. The van der Waals surface area contributed by atoms with Gasteiger partial charge in [0, 0.05) is 20.6 Å². The van der Waals surface area contributed by atoms with Crippen molar-refractivity contribution in [2.24, 2.45) is 14.1 Å². The summed E-state index contributed by atoms with van der Waals surface area (Å²) in [6.45, 7) is 1.88. The number of hydrogen-bond acceptors (Lipinski definition) is 4. The zero-order chi connectivity index (χ0) is 19.7. The fourth-order valence-electron chi connectivity index (χ4n) is 3.16. The molecule has 0 aliphatic rings. The number of aliphatic carboxylic acids is 1. The fourth-order valence-corrected chi connectivity index (χ4v) is 3.16. The third kappa shape index (κ3) is 3.25. The van der Waals surface area contributed by atoms with Crippen molar-refractivity contribution < 1.29 is 14.6 Å². The van der Waals surface area contributed by atoms with E-state index in [2.05, 4.69) is 0 Å². The Morgan fingerprint density at radius 3 is 2.37 bits per heavy atom. The van der Waals surface area contributed by atoms with E-state index in [0.717, 1.165) is 11.3 Å². The Hall–Kier alpha value is -3.29. The van der Waals surface area contributed by atoms with Crippen molar-refractivity contribution in [2.45, 2.75) is 19.9 Å². The molecule has 0 bridgehead atoms. The summed E-state index contributed by atoms with van der Waals surface area (Å²) >= 11 is 0. The molecule has 0 spiro atoms. The third-order valence-electron chi connectivity index (χ3n) is 4.50. The normalized spacial score (nSPS) is 11.1. The first kappa shape index (κ1) is 18.5. The summed E-state index contributed by atoms with van der Waals surface area (Å²) in [4.78, 5) is 35.9. The first-order valence-corrected chi connectivity index (χ1v) is 8.59. The lowest BCUT2D eigenvalue weighted by Crippen LogP contribution is -2.39. The van der Waals surface area contributed by atoms with Gasteiger partial charge in [0.1, 0.15) is 11.3 Å². The predicted molar refractivity (Wildman–Crippen MR) is 101 cm³/mol. The number of rotatable bonds is 6. The van der Waals surface area contributed by atoms with Gasteiger partial charge in [0.2, 0.25) is 0 Å². The van der Waals surface area contributed by atoms with E-state index in [-0.39, 0.29) is 11.2 Å². The van der Waals surface area contributed by atoms with Gasteiger partial charge in [-0.3, -0.25) is 13.9 Å². The summed E-state index contributed by atoms with van der Waals surface area (Å²) in [6, 6.07) is 8.72. The summed E-state index contributed by atoms with van der Waals surface area (Å²) in [5.74, 6) is -0.602. The highest BCUT2D eigenvalue weighted by atomic mass is 16.5. The number of ether oxygens (including phenoxy) is 1. The van der Waals surface area contributed by atoms with Gasteiger partial charge in [0.15, 0.2) is 6.61 Å². The predicted octanol–water partition coefficient (Wildman–Crippen LogP) is 1.58. The summed E-state index contributed by atoms with van der Waals surface area (Å²) in [6.07, 6.45) is 0.690. The van der Waals surface area contributed by atoms with Crippen molar-refractivity contribution in [3.63, 3.8) is 0 Å². The number of carbonyl (C=O) groups is 1. The standard InChI is InChI=1S/C19H21N3O5/c1-4-9-22-18(25)17-15(21(3)19(22)26)10-14(20(17)2)12-5-7-13(8-6-12)27-11-16(23)24/h5-8,10H,4,9,11H2,1-3H3,(H,23,24). The molecule has 0 aliphatic carbocycles. The highest BCUT2D eigenvalue weighted by molar-refractivity contribution is 5.83. The van der Waals surface area contributed by atoms with Crippen LogP contribution in [0.25, 0.3) is 22.3 Å². The van der Waals surface area contributed by atoms with Crippen LogP contribution in [0.1, 0.15) is 13.3 Å². The Labute approximate surface area is 154 Å². The maximum absolute atomic E-state index is 12.8. The van der Waals surface area contributed by atoms with E-state index in [4.69, 9.17) is 9.84 Å². The zero-order valence-electron chi connectivity index (χ0n) is 15.4. The molecule has 8 nitrogen and oxygen atoms in total. The lowest BCUT2D eigenvalue weighted by molar-refractivity contribution is -0.139. The summed E-state index contributed by atoms with van der Waals surface area (Å²) in [5.41, 5.74) is 2.00. The number of benzene rings is 1. The van der Waals surface area contributed by atoms with Crippen LogP contribution in [-0.2, 0) is 25.4 Å². The average molecular weight is 371 g/mol. The summed E-state index contributed by atoms with van der Waals surface area (Å²) in [7, 11) is 3.44. The third-order valence-corrected chi connectivity index (χ3v) is 4.50. The molecule has 0 saturated heterocycles. The molecule has 0 aliphatic heterocycles. The van der Waals surface area contributed by atoms with E-state index >= 15 is 0 Å². The molecule has 27 heavy (non-hydrogen) atoms. The molecule has 0 unspecified atom stereocenters. The molecule has 1 aromatic carbocycles. The van der Waals surface area contributed by atoms with Gasteiger partial charge in [-0.25, -0.2) is 9.59 Å². The van der Waals surface area contributed by atoms with Gasteiger partial charge >= 0.3 is 11.7 Å². The van der Waals surface area contributed by atoms with Crippen LogP contribution in [0.4, 0.5) is 0 Å². The number of hydrogen-bond donors (Lipinski definition) is 1. The quantitative estimate of drug-likeness (QED) is 0.710. The first-order chi connectivity index (χ1) is 12.8. The minimum Gasteiger partial charge on any atom is -0.482 e. The molecule has 0 radical (unpaired) electrons. The molecule has 3 rings (SSSR count). The number of aryl methyl sites for hydroxylation is 2. The van der Waals surface area contributed by atoms with Crippen LogP contribution in [0, 0.1) is 0 Å². The molecule has 142 valence electrons. The van der Waals surface area contributed by atoms with E-state index in [1.807, 2.05) is 13.0 Å². The van der Waals surface area contributed by atoms with Gasteiger partial charge in [0.25, 0.3) is 5.56 Å².